The first-order chi connectivity index (χ1) is 10.2. The average molecular weight is 342 g/mol. The summed E-state index contributed by atoms with van der Waals surface area (Å²) in [5.74, 6) is -0.829. The number of hydrogen-bond donors (Lipinski definition) is 1. The Morgan fingerprint density at radius 2 is 1.82 bits per heavy atom. The monoisotopic (exact) mass is 342 g/mol. The highest BCUT2D eigenvalue weighted by Gasteiger charge is 2.24. The normalized spacial score (nSPS) is 11.7. The average Bonchev–Trinajstić information content (AvgIpc) is 2.84. The van der Waals surface area contributed by atoms with Gasteiger partial charge in [-0.05, 0) is 37.3 Å². The molecule has 0 aliphatic rings. The molecule has 0 saturated carbocycles. The molecule has 0 atom stereocenters. The summed E-state index contributed by atoms with van der Waals surface area (Å²) in [6.07, 6.45) is 0. The van der Waals surface area contributed by atoms with Crippen LogP contribution in [-0.4, -0.2) is 32.7 Å². The van der Waals surface area contributed by atoms with Gasteiger partial charge >= 0.3 is 0 Å². The lowest BCUT2D eigenvalue weighted by molar-refractivity contribution is 0.103. The lowest BCUT2D eigenvalue weighted by Gasteiger charge is -2.10. The number of nitrogens with zero attached hydrogens (tertiary/aromatic N) is 1. The summed E-state index contributed by atoms with van der Waals surface area (Å²) in [5.41, 5.74) is 0.439. The maximum Gasteiger partial charge on any atom is 0.265 e. The third-order valence-electron chi connectivity index (χ3n) is 2.96. The zero-order valence-corrected chi connectivity index (χ0v) is 13.9. The molecule has 1 aromatic heterocycles. The predicted molar refractivity (Wildman–Crippen MR) is 84.3 cm³/mol. The van der Waals surface area contributed by atoms with Crippen molar-refractivity contribution in [1.29, 1.82) is 0 Å². The first-order valence-electron chi connectivity index (χ1n) is 6.31. The van der Waals surface area contributed by atoms with Crippen LogP contribution in [0, 0.1) is 12.7 Å². The quantitative estimate of drug-likeness (QED) is 0.929. The standard InChI is InChI=1S/C14H15FN2O3S2/c1-9-13(22(19,20)17(2)3)8-12(21-9)14(18)16-11-6-4-10(15)5-7-11/h4-8H,1-3H3,(H,16,18). The van der Waals surface area contributed by atoms with Gasteiger partial charge in [-0.2, -0.15) is 0 Å². The molecule has 0 saturated heterocycles. The lowest BCUT2D eigenvalue weighted by Crippen LogP contribution is -2.22. The van der Waals surface area contributed by atoms with E-state index in [1.54, 1.807) is 6.92 Å². The first-order valence-corrected chi connectivity index (χ1v) is 8.57. The van der Waals surface area contributed by atoms with Crippen LogP contribution in [0.15, 0.2) is 35.2 Å². The van der Waals surface area contributed by atoms with E-state index in [9.17, 15) is 17.6 Å². The number of sulfonamides is 1. The molecule has 22 heavy (non-hydrogen) atoms. The van der Waals surface area contributed by atoms with Crippen LogP contribution in [0.4, 0.5) is 10.1 Å². The summed E-state index contributed by atoms with van der Waals surface area (Å²) in [4.78, 5) is 13.1. The highest BCUT2D eigenvalue weighted by atomic mass is 32.2. The second-order valence-corrected chi connectivity index (χ2v) is 8.16. The summed E-state index contributed by atoms with van der Waals surface area (Å²) in [6.45, 7) is 1.65. The van der Waals surface area contributed by atoms with Crippen LogP contribution < -0.4 is 5.32 Å². The molecule has 0 unspecified atom stereocenters. The molecule has 0 aliphatic heterocycles. The van der Waals surface area contributed by atoms with Crippen molar-refractivity contribution >= 4 is 33.0 Å². The predicted octanol–water partition coefficient (Wildman–Crippen LogP) is 2.70. The van der Waals surface area contributed by atoms with Gasteiger partial charge in [-0.25, -0.2) is 17.1 Å². The van der Waals surface area contributed by atoms with Gasteiger partial charge in [0.1, 0.15) is 5.82 Å². The van der Waals surface area contributed by atoms with Gasteiger partial charge in [0.15, 0.2) is 0 Å². The number of amides is 1. The van der Waals surface area contributed by atoms with Crippen molar-refractivity contribution in [2.45, 2.75) is 11.8 Å². The Morgan fingerprint density at radius 1 is 1.23 bits per heavy atom. The molecular formula is C14H15FN2O3S2. The number of anilines is 1. The molecule has 0 fully saturated rings. The lowest BCUT2D eigenvalue weighted by atomic mass is 10.3. The van der Waals surface area contributed by atoms with Gasteiger partial charge in [0, 0.05) is 24.7 Å². The van der Waals surface area contributed by atoms with Crippen molar-refractivity contribution in [3.63, 3.8) is 0 Å². The van der Waals surface area contributed by atoms with Crippen LogP contribution in [0.25, 0.3) is 0 Å². The largest absolute Gasteiger partial charge is 0.321 e. The van der Waals surface area contributed by atoms with Crippen LogP contribution in [-0.2, 0) is 10.0 Å². The number of halogens is 1. The van der Waals surface area contributed by atoms with E-state index in [1.807, 2.05) is 0 Å². The van der Waals surface area contributed by atoms with Gasteiger partial charge in [0.2, 0.25) is 10.0 Å². The molecule has 1 heterocycles. The molecule has 8 heteroatoms. The van der Waals surface area contributed by atoms with Crippen LogP contribution in [0.2, 0.25) is 0 Å². The molecule has 0 aliphatic carbocycles. The molecule has 1 N–H and O–H groups in total. The smallest absolute Gasteiger partial charge is 0.265 e. The Kier molecular flexibility index (Phi) is 4.64. The van der Waals surface area contributed by atoms with Crippen LogP contribution in [0.5, 0.6) is 0 Å². The van der Waals surface area contributed by atoms with Gasteiger partial charge in [-0.3, -0.25) is 4.79 Å². The second kappa shape index (κ2) is 6.15. The van der Waals surface area contributed by atoms with Crippen molar-refractivity contribution in [3.8, 4) is 0 Å². The van der Waals surface area contributed by atoms with Crippen LogP contribution >= 0.6 is 11.3 Å². The molecule has 0 bridgehead atoms. The zero-order chi connectivity index (χ0) is 16.5. The number of carbonyl (C=O) groups excluding carboxylic acids is 1. The summed E-state index contributed by atoms with van der Waals surface area (Å²) < 4.78 is 38.2. The fourth-order valence-electron chi connectivity index (χ4n) is 1.76. The summed E-state index contributed by atoms with van der Waals surface area (Å²) in [6, 6.07) is 6.69. The molecule has 1 amide bonds. The molecule has 1 aromatic carbocycles. The minimum absolute atomic E-state index is 0.117. The molecular weight excluding hydrogens is 327 g/mol. The van der Waals surface area contributed by atoms with E-state index in [0.717, 1.165) is 15.6 Å². The number of rotatable bonds is 4. The highest BCUT2D eigenvalue weighted by Crippen LogP contribution is 2.28. The Bertz CT molecular complexity index is 796. The fraction of sp³-hybridized carbons (Fsp3) is 0.214. The van der Waals surface area contributed by atoms with E-state index < -0.39 is 21.7 Å². The minimum Gasteiger partial charge on any atom is -0.321 e. The van der Waals surface area contributed by atoms with Crippen molar-refractivity contribution in [3.05, 3.63) is 45.9 Å². The van der Waals surface area contributed by atoms with Gasteiger partial charge in [-0.1, -0.05) is 0 Å². The summed E-state index contributed by atoms with van der Waals surface area (Å²) >= 11 is 1.10. The topological polar surface area (TPSA) is 66.5 Å². The molecule has 2 rings (SSSR count). The maximum atomic E-state index is 12.8. The van der Waals surface area contributed by atoms with Crippen molar-refractivity contribution in [2.24, 2.45) is 0 Å². The fourth-order valence-corrected chi connectivity index (χ4v) is 4.10. The summed E-state index contributed by atoms with van der Waals surface area (Å²) in [5, 5.41) is 2.60. The summed E-state index contributed by atoms with van der Waals surface area (Å²) in [7, 11) is -0.714. The van der Waals surface area contributed by atoms with Crippen LogP contribution in [0.3, 0.4) is 0 Å². The Balaban J connectivity index is 2.27. The van der Waals surface area contributed by atoms with Gasteiger partial charge in [-0.15, -0.1) is 11.3 Å². The number of carbonyl (C=O) groups is 1. The number of nitrogens with one attached hydrogen (secondary N) is 1. The minimum atomic E-state index is -3.58. The van der Waals surface area contributed by atoms with E-state index in [1.165, 1.54) is 44.4 Å². The highest BCUT2D eigenvalue weighted by molar-refractivity contribution is 7.89. The number of benzene rings is 1. The molecule has 5 nitrogen and oxygen atoms in total. The third kappa shape index (κ3) is 3.34. The van der Waals surface area contributed by atoms with Crippen molar-refractivity contribution < 1.29 is 17.6 Å². The first kappa shape index (κ1) is 16.6. The zero-order valence-electron chi connectivity index (χ0n) is 12.3. The Hall–Kier alpha value is -1.77. The van der Waals surface area contributed by atoms with Crippen LogP contribution in [0.1, 0.15) is 14.5 Å². The van der Waals surface area contributed by atoms with E-state index in [0.29, 0.717) is 10.6 Å². The Labute approximate surface area is 132 Å². The number of aryl methyl sites for hydroxylation is 1. The van der Waals surface area contributed by atoms with Gasteiger partial charge in [0.05, 0.1) is 9.77 Å². The number of thiophene rings is 1. The number of hydrogen-bond acceptors (Lipinski definition) is 4. The van der Waals surface area contributed by atoms with Gasteiger partial charge in [0.25, 0.3) is 5.91 Å². The van der Waals surface area contributed by atoms with Crippen molar-refractivity contribution in [2.75, 3.05) is 19.4 Å². The molecule has 0 spiro atoms. The van der Waals surface area contributed by atoms with E-state index in [-0.39, 0.29) is 9.77 Å². The molecule has 0 radical (unpaired) electrons. The Morgan fingerprint density at radius 3 is 2.36 bits per heavy atom. The van der Waals surface area contributed by atoms with E-state index >= 15 is 0 Å². The van der Waals surface area contributed by atoms with Crippen molar-refractivity contribution in [1.82, 2.24) is 4.31 Å². The molecule has 2 aromatic rings. The van der Waals surface area contributed by atoms with E-state index in [4.69, 9.17) is 0 Å². The van der Waals surface area contributed by atoms with E-state index in [2.05, 4.69) is 5.32 Å². The second-order valence-electron chi connectivity index (χ2n) is 4.78. The maximum absolute atomic E-state index is 12.8. The SMILES string of the molecule is Cc1sc(C(=O)Nc2ccc(F)cc2)cc1S(=O)(=O)N(C)C. The van der Waals surface area contributed by atoms with Gasteiger partial charge < -0.3 is 5.32 Å². The molecule has 118 valence electrons. The third-order valence-corrected chi connectivity index (χ3v) is 6.08.